The number of halogens is 1. The van der Waals surface area contributed by atoms with Crippen molar-refractivity contribution in [2.45, 2.75) is 6.54 Å². The van der Waals surface area contributed by atoms with Gasteiger partial charge >= 0.3 is 0 Å². The number of benzene rings is 1. The van der Waals surface area contributed by atoms with Crippen molar-refractivity contribution in [2.75, 3.05) is 0 Å². The molecule has 5 nitrogen and oxygen atoms in total. The standard InChI is InChI=1S/C21H15ClN2O3/c22-15-8-6-14(7-9-15)18-12-16-4-1-2-10-24(16)19(18)20(25)21(26)23-13-17-5-3-11-27-17/h1-12H,13H2,(H,23,26). The van der Waals surface area contributed by atoms with Gasteiger partial charge in [-0.05, 0) is 48.0 Å². The van der Waals surface area contributed by atoms with Crippen LogP contribution in [0.5, 0.6) is 0 Å². The molecule has 1 amide bonds. The minimum Gasteiger partial charge on any atom is -0.467 e. The first-order valence-corrected chi connectivity index (χ1v) is 8.72. The van der Waals surface area contributed by atoms with Crippen molar-refractivity contribution in [3.05, 3.63) is 89.6 Å². The second-order valence-corrected chi connectivity index (χ2v) is 6.44. The fraction of sp³-hybridized carbons (Fsp3) is 0.0476. The van der Waals surface area contributed by atoms with Crippen LogP contribution in [-0.4, -0.2) is 16.1 Å². The molecule has 3 heterocycles. The van der Waals surface area contributed by atoms with Crippen LogP contribution in [-0.2, 0) is 11.3 Å². The van der Waals surface area contributed by atoms with Crippen LogP contribution in [0.3, 0.4) is 0 Å². The normalized spacial score (nSPS) is 10.9. The maximum absolute atomic E-state index is 13.0. The Kier molecular flexibility index (Phi) is 4.52. The Morgan fingerprint density at radius 1 is 1.04 bits per heavy atom. The van der Waals surface area contributed by atoms with Crippen molar-refractivity contribution in [3.63, 3.8) is 0 Å². The number of nitrogens with one attached hydrogen (secondary N) is 1. The molecule has 0 spiro atoms. The molecule has 0 saturated heterocycles. The summed E-state index contributed by atoms with van der Waals surface area (Å²) in [5, 5.41) is 3.21. The fourth-order valence-corrected chi connectivity index (χ4v) is 3.10. The number of aromatic nitrogens is 1. The topological polar surface area (TPSA) is 63.7 Å². The first-order chi connectivity index (χ1) is 13.1. The summed E-state index contributed by atoms with van der Waals surface area (Å²) in [6.45, 7) is 0.150. The van der Waals surface area contributed by atoms with Gasteiger partial charge in [-0.1, -0.05) is 29.8 Å². The summed E-state index contributed by atoms with van der Waals surface area (Å²) < 4.78 is 6.91. The molecule has 0 unspecified atom stereocenters. The molecule has 0 radical (unpaired) electrons. The zero-order valence-electron chi connectivity index (χ0n) is 14.2. The summed E-state index contributed by atoms with van der Waals surface area (Å²) in [5.41, 5.74) is 2.62. The third kappa shape index (κ3) is 3.37. The average Bonchev–Trinajstić information content (AvgIpc) is 3.33. The van der Waals surface area contributed by atoms with E-state index in [0.29, 0.717) is 22.0 Å². The SMILES string of the molecule is O=C(NCc1ccco1)C(=O)c1c(-c2ccc(Cl)cc2)cc2ccccn12. The molecule has 0 aliphatic rings. The van der Waals surface area contributed by atoms with Crippen molar-refractivity contribution in [3.8, 4) is 11.1 Å². The molecule has 4 aromatic rings. The summed E-state index contributed by atoms with van der Waals surface area (Å²) in [6.07, 6.45) is 3.28. The van der Waals surface area contributed by atoms with Gasteiger partial charge in [-0.3, -0.25) is 9.59 Å². The molecule has 6 heteroatoms. The number of ketones is 1. The molecule has 0 aliphatic carbocycles. The maximum Gasteiger partial charge on any atom is 0.294 e. The summed E-state index contributed by atoms with van der Waals surface area (Å²) in [7, 11) is 0. The lowest BCUT2D eigenvalue weighted by Crippen LogP contribution is -2.31. The summed E-state index contributed by atoms with van der Waals surface area (Å²) >= 11 is 5.98. The Morgan fingerprint density at radius 3 is 2.59 bits per heavy atom. The highest BCUT2D eigenvalue weighted by atomic mass is 35.5. The number of hydrogen-bond acceptors (Lipinski definition) is 3. The third-order valence-electron chi connectivity index (χ3n) is 4.26. The largest absolute Gasteiger partial charge is 0.467 e. The lowest BCUT2D eigenvalue weighted by molar-refractivity contribution is -0.117. The Hall–Kier alpha value is -3.31. The molecule has 3 aromatic heterocycles. The van der Waals surface area contributed by atoms with E-state index in [9.17, 15) is 9.59 Å². The second kappa shape index (κ2) is 7.13. The van der Waals surface area contributed by atoms with E-state index in [1.807, 2.05) is 36.4 Å². The molecule has 0 bridgehead atoms. The van der Waals surface area contributed by atoms with E-state index in [4.69, 9.17) is 16.0 Å². The minimum absolute atomic E-state index is 0.150. The van der Waals surface area contributed by atoms with Crippen molar-refractivity contribution >= 4 is 28.8 Å². The number of furan rings is 1. The number of nitrogens with zero attached hydrogens (tertiary/aromatic N) is 1. The van der Waals surface area contributed by atoms with E-state index in [2.05, 4.69) is 5.32 Å². The summed E-state index contributed by atoms with van der Waals surface area (Å²) in [5.74, 6) is -0.725. The molecular weight excluding hydrogens is 364 g/mol. The van der Waals surface area contributed by atoms with Gasteiger partial charge in [0.1, 0.15) is 11.5 Å². The number of hydrogen-bond donors (Lipinski definition) is 1. The molecule has 0 fully saturated rings. The number of fused-ring (bicyclic) bond motifs is 1. The maximum atomic E-state index is 13.0. The van der Waals surface area contributed by atoms with Crippen molar-refractivity contribution in [1.82, 2.24) is 9.72 Å². The van der Waals surface area contributed by atoms with Crippen LogP contribution in [0, 0.1) is 0 Å². The van der Waals surface area contributed by atoms with E-state index in [1.54, 1.807) is 34.9 Å². The summed E-state index contributed by atoms with van der Waals surface area (Å²) in [4.78, 5) is 25.4. The molecule has 0 aliphatic heterocycles. The zero-order valence-corrected chi connectivity index (χ0v) is 14.9. The number of carbonyl (C=O) groups excluding carboxylic acids is 2. The molecular formula is C21H15ClN2O3. The molecule has 0 atom stereocenters. The predicted octanol–water partition coefficient (Wildman–Crippen LogP) is 4.35. The van der Waals surface area contributed by atoms with E-state index in [0.717, 1.165) is 11.1 Å². The molecule has 0 saturated carbocycles. The van der Waals surface area contributed by atoms with Crippen molar-refractivity contribution in [1.29, 1.82) is 0 Å². The number of amides is 1. The highest BCUT2D eigenvalue weighted by molar-refractivity contribution is 6.43. The number of carbonyl (C=O) groups is 2. The Bertz CT molecular complexity index is 1110. The van der Waals surface area contributed by atoms with Crippen LogP contribution >= 0.6 is 11.6 Å². The third-order valence-corrected chi connectivity index (χ3v) is 4.51. The Labute approximate surface area is 160 Å². The van der Waals surface area contributed by atoms with E-state index in [1.165, 1.54) is 6.26 Å². The van der Waals surface area contributed by atoms with Gasteiger partial charge in [-0.15, -0.1) is 0 Å². The van der Waals surface area contributed by atoms with Crippen LogP contribution in [0.1, 0.15) is 16.2 Å². The van der Waals surface area contributed by atoms with Gasteiger partial charge in [0.05, 0.1) is 12.8 Å². The van der Waals surface area contributed by atoms with E-state index < -0.39 is 11.7 Å². The molecule has 4 rings (SSSR count). The van der Waals surface area contributed by atoms with Gasteiger partial charge in [0, 0.05) is 22.3 Å². The second-order valence-electron chi connectivity index (χ2n) is 6.00. The number of pyridine rings is 1. The highest BCUT2D eigenvalue weighted by Crippen LogP contribution is 2.29. The van der Waals surface area contributed by atoms with Gasteiger partial charge < -0.3 is 14.1 Å². The van der Waals surface area contributed by atoms with Gasteiger partial charge in [-0.2, -0.15) is 0 Å². The van der Waals surface area contributed by atoms with Crippen LogP contribution in [0.25, 0.3) is 16.6 Å². The van der Waals surface area contributed by atoms with Crippen molar-refractivity contribution in [2.24, 2.45) is 0 Å². The molecule has 134 valence electrons. The van der Waals surface area contributed by atoms with Crippen LogP contribution in [0.4, 0.5) is 0 Å². The first-order valence-electron chi connectivity index (χ1n) is 8.34. The fourth-order valence-electron chi connectivity index (χ4n) is 2.97. The number of Topliss-reactive ketones (excluding diaryl/α,β-unsaturated/α-hetero) is 1. The van der Waals surface area contributed by atoms with Crippen LogP contribution in [0.2, 0.25) is 5.02 Å². The van der Waals surface area contributed by atoms with Gasteiger partial charge in [-0.25, -0.2) is 0 Å². The molecule has 27 heavy (non-hydrogen) atoms. The smallest absolute Gasteiger partial charge is 0.294 e. The van der Waals surface area contributed by atoms with Crippen molar-refractivity contribution < 1.29 is 14.0 Å². The van der Waals surface area contributed by atoms with Crippen LogP contribution in [0.15, 0.2) is 77.5 Å². The number of rotatable bonds is 5. The van der Waals surface area contributed by atoms with Crippen LogP contribution < -0.4 is 5.32 Å². The van der Waals surface area contributed by atoms with Gasteiger partial charge in [0.2, 0.25) is 0 Å². The first kappa shape index (κ1) is 17.1. The van der Waals surface area contributed by atoms with E-state index >= 15 is 0 Å². The Morgan fingerprint density at radius 2 is 1.85 bits per heavy atom. The molecule has 1 aromatic carbocycles. The average molecular weight is 379 g/mol. The summed E-state index contributed by atoms with van der Waals surface area (Å²) in [6, 6.07) is 18.1. The predicted molar refractivity (Wildman–Crippen MR) is 103 cm³/mol. The van der Waals surface area contributed by atoms with Gasteiger partial charge in [0.25, 0.3) is 11.7 Å². The van der Waals surface area contributed by atoms with E-state index in [-0.39, 0.29) is 6.54 Å². The lowest BCUT2D eigenvalue weighted by atomic mass is 10.0. The lowest BCUT2D eigenvalue weighted by Gasteiger charge is -2.07. The Balaban J connectivity index is 1.72. The monoisotopic (exact) mass is 378 g/mol. The van der Waals surface area contributed by atoms with Gasteiger partial charge in [0.15, 0.2) is 0 Å². The molecule has 1 N–H and O–H groups in total. The quantitative estimate of drug-likeness (QED) is 0.414. The minimum atomic E-state index is -0.689. The zero-order chi connectivity index (χ0) is 18.8. The highest BCUT2D eigenvalue weighted by Gasteiger charge is 2.24.